The molecule has 2 aromatic rings. The smallest absolute Gasteiger partial charge is 0.307 e. The predicted molar refractivity (Wildman–Crippen MR) is 104 cm³/mol. The maximum atomic E-state index is 12.2. The third-order valence-electron chi connectivity index (χ3n) is 3.79. The Morgan fingerprint density at radius 1 is 1.22 bits per heavy atom. The SMILES string of the molecule is CCC[C@H](CC(=O)OC)NC(=O)Cc1csc(NC(=O)c2ccccc2)n1. The van der Waals surface area contributed by atoms with Crippen LogP contribution < -0.4 is 10.6 Å². The van der Waals surface area contributed by atoms with Crippen LogP contribution in [0.3, 0.4) is 0 Å². The molecule has 0 aliphatic rings. The summed E-state index contributed by atoms with van der Waals surface area (Å²) in [5.41, 5.74) is 1.10. The van der Waals surface area contributed by atoms with Gasteiger partial charge < -0.3 is 10.1 Å². The monoisotopic (exact) mass is 389 g/mol. The third-order valence-corrected chi connectivity index (χ3v) is 4.60. The Balaban J connectivity index is 1.89. The minimum atomic E-state index is -0.353. The Morgan fingerprint density at radius 2 is 1.96 bits per heavy atom. The molecule has 0 radical (unpaired) electrons. The number of amides is 2. The van der Waals surface area contributed by atoms with Crippen molar-refractivity contribution in [3.05, 3.63) is 47.0 Å². The van der Waals surface area contributed by atoms with Crippen molar-refractivity contribution in [1.29, 1.82) is 0 Å². The van der Waals surface area contributed by atoms with E-state index in [1.165, 1.54) is 18.4 Å². The number of thiazole rings is 1. The van der Waals surface area contributed by atoms with Crippen molar-refractivity contribution in [3.8, 4) is 0 Å². The van der Waals surface area contributed by atoms with Crippen LogP contribution >= 0.6 is 11.3 Å². The highest BCUT2D eigenvalue weighted by atomic mass is 32.1. The molecule has 2 amide bonds. The minimum Gasteiger partial charge on any atom is -0.469 e. The summed E-state index contributed by atoms with van der Waals surface area (Å²) in [5, 5.41) is 7.74. The summed E-state index contributed by atoms with van der Waals surface area (Å²) in [5.74, 6) is -0.820. The number of benzene rings is 1. The van der Waals surface area contributed by atoms with E-state index in [-0.39, 0.29) is 36.7 Å². The van der Waals surface area contributed by atoms with E-state index in [4.69, 9.17) is 0 Å². The summed E-state index contributed by atoms with van der Waals surface area (Å²) >= 11 is 1.26. The molecule has 0 saturated carbocycles. The van der Waals surface area contributed by atoms with E-state index in [0.717, 1.165) is 6.42 Å². The van der Waals surface area contributed by atoms with Gasteiger partial charge in [-0.15, -0.1) is 11.3 Å². The number of hydrogen-bond acceptors (Lipinski definition) is 6. The van der Waals surface area contributed by atoms with Gasteiger partial charge in [0.05, 0.1) is 25.6 Å². The second kappa shape index (κ2) is 10.4. The summed E-state index contributed by atoms with van der Waals surface area (Å²) in [7, 11) is 1.33. The molecule has 144 valence electrons. The van der Waals surface area contributed by atoms with Gasteiger partial charge in [-0.1, -0.05) is 31.5 Å². The van der Waals surface area contributed by atoms with Crippen molar-refractivity contribution in [1.82, 2.24) is 10.3 Å². The van der Waals surface area contributed by atoms with Crippen molar-refractivity contribution in [3.63, 3.8) is 0 Å². The Kier molecular flexibility index (Phi) is 7.94. The van der Waals surface area contributed by atoms with E-state index < -0.39 is 0 Å². The van der Waals surface area contributed by atoms with Crippen LogP contribution in [0.4, 0.5) is 5.13 Å². The molecule has 1 heterocycles. The molecule has 8 heteroatoms. The van der Waals surface area contributed by atoms with Crippen LogP contribution in [0.15, 0.2) is 35.7 Å². The first-order valence-electron chi connectivity index (χ1n) is 8.68. The lowest BCUT2D eigenvalue weighted by Crippen LogP contribution is -2.37. The van der Waals surface area contributed by atoms with Gasteiger partial charge >= 0.3 is 5.97 Å². The average molecular weight is 389 g/mol. The van der Waals surface area contributed by atoms with E-state index in [2.05, 4.69) is 20.4 Å². The lowest BCUT2D eigenvalue weighted by atomic mass is 10.1. The van der Waals surface area contributed by atoms with Gasteiger partial charge in [-0.25, -0.2) is 4.98 Å². The number of anilines is 1. The molecule has 0 spiro atoms. The van der Waals surface area contributed by atoms with E-state index in [9.17, 15) is 14.4 Å². The van der Waals surface area contributed by atoms with E-state index in [1.54, 1.807) is 29.6 Å². The Labute approximate surface area is 162 Å². The number of hydrogen-bond donors (Lipinski definition) is 2. The molecule has 1 aromatic heterocycles. The largest absolute Gasteiger partial charge is 0.469 e. The standard InChI is InChI=1S/C19H23N3O4S/c1-3-7-14(11-17(24)26-2)20-16(23)10-15-12-27-19(21-15)22-18(25)13-8-5-4-6-9-13/h4-6,8-9,12,14H,3,7,10-11H2,1-2H3,(H,20,23)(H,21,22,25)/t14-/m1/s1. The number of carbonyl (C=O) groups excluding carboxylic acids is 3. The average Bonchev–Trinajstić information content (AvgIpc) is 3.09. The Bertz CT molecular complexity index is 776. The van der Waals surface area contributed by atoms with E-state index in [0.29, 0.717) is 22.8 Å². The normalized spacial score (nSPS) is 11.5. The summed E-state index contributed by atoms with van der Waals surface area (Å²) in [6.45, 7) is 1.98. The molecule has 0 aliphatic carbocycles. The second-order valence-corrected chi connectivity index (χ2v) is 6.83. The van der Waals surface area contributed by atoms with Crippen molar-refractivity contribution in [2.45, 2.75) is 38.6 Å². The second-order valence-electron chi connectivity index (χ2n) is 5.97. The fraction of sp³-hybridized carbons (Fsp3) is 0.368. The number of nitrogens with zero attached hydrogens (tertiary/aromatic N) is 1. The number of nitrogens with one attached hydrogen (secondary N) is 2. The van der Waals surface area contributed by atoms with Gasteiger partial charge in [-0.05, 0) is 18.6 Å². The van der Waals surface area contributed by atoms with Crippen LogP contribution in [0.1, 0.15) is 42.2 Å². The van der Waals surface area contributed by atoms with E-state index >= 15 is 0 Å². The van der Waals surface area contributed by atoms with Crippen molar-refractivity contribution in [2.75, 3.05) is 12.4 Å². The van der Waals surface area contributed by atoms with Crippen LogP contribution in [-0.4, -0.2) is 35.9 Å². The molecule has 0 fully saturated rings. The fourth-order valence-electron chi connectivity index (χ4n) is 2.51. The molecule has 2 rings (SSSR count). The van der Waals surface area contributed by atoms with Gasteiger partial charge in [0.25, 0.3) is 5.91 Å². The maximum absolute atomic E-state index is 12.2. The van der Waals surface area contributed by atoms with Crippen molar-refractivity contribution < 1.29 is 19.1 Å². The highest BCUT2D eigenvalue weighted by molar-refractivity contribution is 7.14. The van der Waals surface area contributed by atoms with Crippen LogP contribution in [0.25, 0.3) is 0 Å². The molecule has 7 nitrogen and oxygen atoms in total. The first-order chi connectivity index (χ1) is 13.0. The number of ether oxygens (including phenoxy) is 1. The van der Waals surface area contributed by atoms with Gasteiger partial charge in [0, 0.05) is 17.0 Å². The third kappa shape index (κ3) is 6.82. The summed E-state index contributed by atoms with van der Waals surface area (Å²) < 4.78 is 4.66. The van der Waals surface area contributed by atoms with Gasteiger partial charge in [0.2, 0.25) is 5.91 Å². The molecule has 0 bridgehead atoms. The molecule has 0 saturated heterocycles. The lowest BCUT2D eigenvalue weighted by Gasteiger charge is -2.16. The summed E-state index contributed by atoms with van der Waals surface area (Å²) in [6, 6.07) is 8.58. The number of esters is 1. The zero-order valence-corrected chi connectivity index (χ0v) is 16.2. The molecule has 1 aromatic carbocycles. The van der Waals surface area contributed by atoms with Crippen LogP contribution in [0, 0.1) is 0 Å². The zero-order chi connectivity index (χ0) is 19.6. The summed E-state index contributed by atoms with van der Waals surface area (Å²) in [6.07, 6.45) is 1.76. The predicted octanol–water partition coefficient (Wildman–Crippen LogP) is 2.79. The Hall–Kier alpha value is -2.74. The lowest BCUT2D eigenvalue weighted by molar-refractivity contribution is -0.141. The van der Waals surface area contributed by atoms with Crippen molar-refractivity contribution in [2.24, 2.45) is 0 Å². The number of carbonyl (C=O) groups is 3. The quantitative estimate of drug-likeness (QED) is 0.643. The highest BCUT2D eigenvalue weighted by Crippen LogP contribution is 2.17. The van der Waals surface area contributed by atoms with Gasteiger partial charge in [0.1, 0.15) is 0 Å². The molecule has 2 N–H and O–H groups in total. The first kappa shape index (κ1) is 20.6. The van der Waals surface area contributed by atoms with Crippen molar-refractivity contribution >= 4 is 34.3 Å². The van der Waals surface area contributed by atoms with Crippen LogP contribution in [0.2, 0.25) is 0 Å². The number of rotatable bonds is 9. The highest BCUT2D eigenvalue weighted by Gasteiger charge is 2.17. The summed E-state index contributed by atoms with van der Waals surface area (Å²) in [4.78, 5) is 40.1. The first-order valence-corrected chi connectivity index (χ1v) is 9.56. The molecular formula is C19H23N3O4S. The molecule has 0 aliphatic heterocycles. The van der Waals surface area contributed by atoms with E-state index in [1.807, 2.05) is 13.0 Å². The molecule has 0 unspecified atom stereocenters. The van der Waals surface area contributed by atoms with Gasteiger partial charge in [-0.2, -0.15) is 0 Å². The molecule has 1 atom stereocenters. The number of aromatic nitrogens is 1. The van der Waals surface area contributed by atoms with Gasteiger partial charge in [0.15, 0.2) is 5.13 Å². The Morgan fingerprint density at radius 3 is 2.63 bits per heavy atom. The maximum Gasteiger partial charge on any atom is 0.307 e. The van der Waals surface area contributed by atoms with Gasteiger partial charge in [-0.3, -0.25) is 19.7 Å². The molecular weight excluding hydrogens is 366 g/mol. The topological polar surface area (TPSA) is 97.4 Å². The number of methoxy groups -OCH3 is 1. The molecule has 27 heavy (non-hydrogen) atoms. The zero-order valence-electron chi connectivity index (χ0n) is 15.4. The minimum absolute atomic E-state index is 0.0824. The van der Waals surface area contributed by atoms with Crippen LogP contribution in [0.5, 0.6) is 0 Å². The van der Waals surface area contributed by atoms with Crippen LogP contribution in [-0.2, 0) is 20.7 Å². The fourth-order valence-corrected chi connectivity index (χ4v) is 3.21.